The highest BCUT2D eigenvalue weighted by molar-refractivity contribution is 6.74. The number of hydrogen-bond donors (Lipinski definition) is 1. The summed E-state index contributed by atoms with van der Waals surface area (Å²) in [7, 11) is -1.98. The SMILES string of the molecule is CC1(C)O[C@H]2O[C@H](C(O)CO[Si](C)(C)C(C)(C)C)[C@@H](OCc3ccccc3)[C@H]2O1. The lowest BCUT2D eigenvalue weighted by atomic mass is 10.1. The third-order valence-electron chi connectivity index (χ3n) is 6.11. The Morgan fingerprint density at radius 1 is 1.14 bits per heavy atom. The van der Waals surface area contributed by atoms with Gasteiger partial charge >= 0.3 is 0 Å². The van der Waals surface area contributed by atoms with E-state index in [1.54, 1.807) is 0 Å². The predicted octanol–water partition coefficient (Wildman–Crippen LogP) is 3.83. The van der Waals surface area contributed by atoms with E-state index in [9.17, 15) is 5.11 Å². The molecule has 1 N–H and O–H groups in total. The van der Waals surface area contributed by atoms with Crippen molar-refractivity contribution in [1.82, 2.24) is 0 Å². The Balaban J connectivity index is 1.68. The van der Waals surface area contributed by atoms with Crippen LogP contribution in [0.2, 0.25) is 18.1 Å². The average Bonchev–Trinajstić information content (AvgIpc) is 3.09. The van der Waals surface area contributed by atoms with E-state index >= 15 is 0 Å². The first-order valence-corrected chi connectivity index (χ1v) is 13.3. The van der Waals surface area contributed by atoms with Crippen molar-refractivity contribution in [2.75, 3.05) is 6.61 Å². The van der Waals surface area contributed by atoms with Gasteiger partial charge in [0.25, 0.3) is 0 Å². The van der Waals surface area contributed by atoms with Crippen molar-refractivity contribution < 1.29 is 28.5 Å². The average molecular weight is 425 g/mol. The van der Waals surface area contributed by atoms with Gasteiger partial charge in [0, 0.05) is 0 Å². The molecule has 1 aromatic carbocycles. The molecule has 0 aliphatic carbocycles. The Morgan fingerprint density at radius 3 is 2.41 bits per heavy atom. The molecule has 2 saturated heterocycles. The van der Waals surface area contributed by atoms with Gasteiger partial charge < -0.3 is 28.5 Å². The predicted molar refractivity (Wildman–Crippen MR) is 113 cm³/mol. The minimum atomic E-state index is -1.98. The zero-order valence-corrected chi connectivity index (χ0v) is 19.7. The van der Waals surface area contributed by atoms with Crippen LogP contribution >= 0.6 is 0 Å². The Kier molecular flexibility index (Phi) is 6.61. The van der Waals surface area contributed by atoms with Crippen molar-refractivity contribution in [3.8, 4) is 0 Å². The van der Waals surface area contributed by atoms with Crippen LogP contribution in [0.3, 0.4) is 0 Å². The van der Waals surface area contributed by atoms with Crippen LogP contribution in [0, 0.1) is 0 Å². The fraction of sp³-hybridized carbons (Fsp3) is 0.727. The van der Waals surface area contributed by atoms with Crippen molar-refractivity contribution in [2.45, 2.75) is 95.9 Å². The van der Waals surface area contributed by atoms with E-state index in [1.165, 1.54) is 0 Å². The van der Waals surface area contributed by atoms with Gasteiger partial charge in [0.05, 0.1) is 13.2 Å². The number of hydrogen-bond acceptors (Lipinski definition) is 6. The standard InChI is InChI=1S/C22H36O6Si/c1-21(2,3)29(6,7)25-14-16(23)17-18(24-13-15-11-9-8-10-12-15)19-20(26-17)28-22(4,5)27-19/h8-12,16-20,23H,13-14H2,1-7H3/t16?,17-,18-,19-,20-/m1/s1. The molecule has 0 spiro atoms. The van der Waals surface area contributed by atoms with Crippen molar-refractivity contribution >= 4 is 8.32 Å². The number of aliphatic hydroxyl groups is 1. The van der Waals surface area contributed by atoms with E-state index in [1.807, 2.05) is 44.2 Å². The van der Waals surface area contributed by atoms with Crippen molar-refractivity contribution in [2.24, 2.45) is 0 Å². The largest absolute Gasteiger partial charge is 0.414 e. The third-order valence-corrected chi connectivity index (χ3v) is 10.6. The quantitative estimate of drug-likeness (QED) is 0.671. The second-order valence-corrected chi connectivity index (χ2v) is 14.8. The van der Waals surface area contributed by atoms with Gasteiger partial charge in [-0.25, -0.2) is 0 Å². The topological polar surface area (TPSA) is 66.4 Å². The first kappa shape index (κ1) is 22.9. The molecule has 1 aromatic rings. The summed E-state index contributed by atoms with van der Waals surface area (Å²) in [6.07, 6.45) is -2.79. The monoisotopic (exact) mass is 424 g/mol. The molecule has 6 nitrogen and oxygen atoms in total. The number of rotatable bonds is 7. The normalized spacial score (nSPS) is 30.3. The molecule has 2 heterocycles. The van der Waals surface area contributed by atoms with Gasteiger partial charge in [0.1, 0.15) is 24.4 Å². The summed E-state index contributed by atoms with van der Waals surface area (Å²) >= 11 is 0. The van der Waals surface area contributed by atoms with Gasteiger partial charge in [-0.2, -0.15) is 0 Å². The molecule has 1 unspecified atom stereocenters. The summed E-state index contributed by atoms with van der Waals surface area (Å²) in [4.78, 5) is 0. The molecule has 3 rings (SSSR count). The van der Waals surface area contributed by atoms with Gasteiger partial charge in [0.15, 0.2) is 20.4 Å². The molecule has 2 aliphatic rings. The Morgan fingerprint density at radius 2 is 1.79 bits per heavy atom. The molecule has 0 amide bonds. The fourth-order valence-corrected chi connectivity index (χ4v) is 4.40. The van der Waals surface area contributed by atoms with E-state index in [2.05, 4.69) is 33.9 Å². The minimum Gasteiger partial charge on any atom is -0.414 e. The lowest BCUT2D eigenvalue weighted by Crippen LogP contribution is -2.48. The zero-order valence-electron chi connectivity index (χ0n) is 18.7. The molecule has 7 heteroatoms. The minimum absolute atomic E-state index is 0.0687. The Hall–Kier alpha value is -0.803. The Bertz CT molecular complexity index is 672. The lowest BCUT2D eigenvalue weighted by Gasteiger charge is -2.37. The van der Waals surface area contributed by atoms with Crippen molar-refractivity contribution in [3.05, 3.63) is 35.9 Å². The third kappa shape index (κ3) is 5.28. The Labute approximate surface area is 175 Å². The molecule has 164 valence electrons. The molecule has 5 atom stereocenters. The van der Waals surface area contributed by atoms with Crippen LogP contribution in [0.1, 0.15) is 40.2 Å². The highest BCUT2D eigenvalue weighted by atomic mass is 28.4. The van der Waals surface area contributed by atoms with E-state index < -0.39 is 38.7 Å². The molecule has 0 aromatic heterocycles. The molecular formula is C22H36O6Si. The molecule has 0 bridgehead atoms. The molecule has 0 radical (unpaired) electrons. The zero-order chi connectivity index (χ0) is 21.4. The first-order chi connectivity index (χ1) is 13.4. The maximum absolute atomic E-state index is 10.9. The molecule has 29 heavy (non-hydrogen) atoms. The van der Waals surface area contributed by atoms with Crippen LogP contribution in [0.25, 0.3) is 0 Å². The van der Waals surface area contributed by atoms with Crippen LogP contribution in [-0.2, 0) is 30.0 Å². The second kappa shape index (κ2) is 8.38. The maximum atomic E-state index is 10.9. The van der Waals surface area contributed by atoms with Crippen LogP contribution in [-0.4, -0.2) is 56.5 Å². The van der Waals surface area contributed by atoms with Gasteiger partial charge in [-0.15, -0.1) is 0 Å². The molecule has 0 saturated carbocycles. The van der Waals surface area contributed by atoms with Crippen molar-refractivity contribution in [3.63, 3.8) is 0 Å². The molecule has 2 aliphatic heterocycles. The number of fused-ring (bicyclic) bond motifs is 1. The van der Waals surface area contributed by atoms with Gasteiger partial charge in [0.2, 0.25) is 0 Å². The van der Waals surface area contributed by atoms with Gasteiger partial charge in [-0.1, -0.05) is 51.1 Å². The van der Waals surface area contributed by atoms with E-state index in [0.717, 1.165) is 5.56 Å². The summed E-state index contributed by atoms with van der Waals surface area (Å²) in [6, 6.07) is 9.94. The molecule has 2 fully saturated rings. The smallest absolute Gasteiger partial charge is 0.192 e. The number of benzene rings is 1. The maximum Gasteiger partial charge on any atom is 0.192 e. The fourth-order valence-electron chi connectivity index (χ4n) is 3.38. The van der Waals surface area contributed by atoms with Crippen LogP contribution in [0.5, 0.6) is 0 Å². The van der Waals surface area contributed by atoms with Crippen molar-refractivity contribution in [1.29, 1.82) is 0 Å². The van der Waals surface area contributed by atoms with Crippen LogP contribution in [0.4, 0.5) is 0 Å². The van der Waals surface area contributed by atoms with E-state index in [4.69, 9.17) is 23.4 Å². The van der Waals surface area contributed by atoms with Gasteiger partial charge in [-0.3, -0.25) is 0 Å². The highest BCUT2D eigenvalue weighted by Crippen LogP contribution is 2.41. The summed E-state index contributed by atoms with van der Waals surface area (Å²) in [5.74, 6) is -0.739. The summed E-state index contributed by atoms with van der Waals surface area (Å²) in [6.45, 7) is 15.2. The van der Waals surface area contributed by atoms with E-state index in [-0.39, 0.29) is 17.7 Å². The lowest BCUT2D eigenvalue weighted by molar-refractivity contribution is -0.231. The van der Waals surface area contributed by atoms with Gasteiger partial charge in [-0.05, 0) is 37.5 Å². The van der Waals surface area contributed by atoms with E-state index in [0.29, 0.717) is 6.61 Å². The second-order valence-electron chi connectivity index (χ2n) is 9.97. The highest BCUT2D eigenvalue weighted by Gasteiger charge is 2.57. The summed E-state index contributed by atoms with van der Waals surface area (Å²) in [5, 5.41) is 11.0. The molecular weight excluding hydrogens is 388 g/mol. The van der Waals surface area contributed by atoms with Crippen LogP contribution < -0.4 is 0 Å². The summed E-state index contributed by atoms with van der Waals surface area (Å²) < 4.78 is 30.4. The number of ether oxygens (including phenoxy) is 4. The van der Waals surface area contributed by atoms with Crippen LogP contribution in [0.15, 0.2) is 30.3 Å². The number of aliphatic hydroxyl groups excluding tert-OH is 1. The first-order valence-electron chi connectivity index (χ1n) is 10.4. The summed E-state index contributed by atoms with van der Waals surface area (Å²) in [5.41, 5.74) is 1.06.